The molecule has 6 nitrogen and oxygen atoms in total. The smallest absolute Gasteiger partial charge is 0.232 e. The number of rotatable bonds is 6. The van der Waals surface area contributed by atoms with Crippen LogP contribution in [0.1, 0.15) is 32.1 Å². The SMILES string of the molecule is c1cnc(OCC[C@@H]2CCOC3(C2)CN(CC2CCOCC2)C3)cn1. The minimum Gasteiger partial charge on any atom is -0.477 e. The predicted molar refractivity (Wildman–Crippen MR) is 93.5 cm³/mol. The second-order valence-corrected chi connectivity index (χ2v) is 7.80. The average molecular weight is 347 g/mol. The molecule has 0 radical (unpaired) electrons. The highest BCUT2D eigenvalue weighted by molar-refractivity contribution is 5.02. The van der Waals surface area contributed by atoms with Crippen LogP contribution in [-0.4, -0.2) is 66.5 Å². The number of likely N-dealkylation sites (tertiary alicyclic amines) is 1. The summed E-state index contributed by atoms with van der Waals surface area (Å²) >= 11 is 0. The topological polar surface area (TPSA) is 56.7 Å². The van der Waals surface area contributed by atoms with Crippen molar-refractivity contribution in [1.29, 1.82) is 0 Å². The molecule has 1 spiro atoms. The van der Waals surface area contributed by atoms with Gasteiger partial charge >= 0.3 is 0 Å². The Balaban J connectivity index is 1.18. The summed E-state index contributed by atoms with van der Waals surface area (Å²) in [5, 5.41) is 0. The van der Waals surface area contributed by atoms with Gasteiger partial charge in [0.1, 0.15) is 0 Å². The van der Waals surface area contributed by atoms with Crippen LogP contribution >= 0.6 is 0 Å². The van der Waals surface area contributed by atoms with Crippen molar-refractivity contribution in [2.75, 3.05) is 46.1 Å². The number of ether oxygens (including phenoxy) is 3. The van der Waals surface area contributed by atoms with E-state index in [4.69, 9.17) is 14.2 Å². The maximum atomic E-state index is 6.19. The molecule has 0 unspecified atom stereocenters. The lowest BCUT2D eigenvalue weighted by Crippen LogP contribution is -2.65. The summed E-state index contributed by atoms with van der Waals surface area (Å²) in [6.45, 7) is 6.90. The van der Waals surface area contributed by atoms with Gasteiger partial charge in [0.25, 0.3) is 0 Å². The molecule has 0 aliphatic carbocycles. The summed E-state index contributed by atoms with van der Waals surface area (Å²) in [6, 6.07) is 0. The highest BCUT2D eigenvalue weighted by Crippen LogP contribution is 2.38. The molecule has 4 rings (SSSR count). The first kappa shape index (κ1) is 17.2. The van der Waals surface area contributed by atoms with Crippen molar-refractivity contribution in [3.05, 3.63) is 18.6 Å². The second kappa shape index (κ2) is 7.98. The van der Waals surface area contributed by atoms with Gasteiger partial charge in [0.15, 0.2) is 0 Å². The molecule has 3 aliphatic rings. The molecular formula is C19H29N3O3. The van der Waals surface area contributed by atoms with Gasteiger partial charge in [0.05, 0.1) is 18.4 Å². The van der Waals surface area contributed by atoms with Crippen molar-refractivity contribution in [2.24, 2.45) is 11.8 Å². The maximum Gasteiger partial charge on any atom is 0.232 e. The molecule has 0 amide bonds. The van der Waals surface area contributed by atoms with Gasteiger partial charge in [0, 0.05) is 51.8 Å². The van der Waals surface area contributed by atoms with E-state index in [9.17, 15) is 0 Å². The Hall–Kier alpha value is -1.24. The summed E-state index contributed by atoms with van der Waals surface area (Å²) < 4.78 is 17.4. The van der Waals surface area contributed by atoms with Crippen LogP contribution in [0.4, 0.5) is 0 Å². The molecule has 25 heavy (non-hydrogen) atoms. The monoisotopic (exact) mass is 347 g/mol. The number of hydrogen-bond acceptors (Lipinski definition) is 6. The first-order valence-electron chi connectivity index (χ1n) is 9.64. The van der Waals surface area contributed by atoms with Crippen LogP contribution in [0.3, 0.4) is 0 Å². The molecule has 138 valence electrons. The lowest BCUT2D eigenvalue weighted by atomic mass is 9.79. The molecule has 4 heterocycles. The van der Waals surface area contributed by atoms with Gasteiger partial charge in [-0.3, -0.25) is 9.88 Å². The van der Waals surface area contributed by atoms with E-state index >= 15 is 0 Å². The van der Waals surface area contributed by atoms with Gasteiger partial charge < -0.3 is 14.2 Å². The molecule has 3 fully saturated rings. The zero-order chi connectivity index (χ0) is 17.0. The molecule has 6 heteroatoms. The minimum atomic E-state index is 0.112. The van der Waals surface area contributed by atoms with Gasteiger partial charge in [0.2, 0.25) is 5.88 Å². The van der Waals surface area contributed by atoms with E-state index in [0.29, 0.717) is 18.4 Å². The second-order valence-electron chi connectivity index (χ2n) is 7.80. The van der Waals surface area contributed by atoms with Crippen molar-refractivity contribution in [3.63, 3.8) is 0 Å². The van der Waals surface area contributed by atoms with Gasteiger partial charge in [-0.2, -0.15) is 0 Å². The van der Waals surface area contributed by atoms with Gasteiger partial charge in [-0.1, -0.05) is 0 Å². The lowest BCUT2D eigenvalue weighted by Gasteiger charge is -2.54. The van der Waals surface area contributed by atoms with Crippen molar-refractivity contribution >= 4 is 0 Å². The number of nitrogens with zero attached hydrogens (tertiary/aromatic N) is 3. The van der Waals surface area contributed by atoms with Crippen molar-refractivity contribution in [3.8, 4) is 5.88 Å². The Kier molecular flexibility index (Phi) is 5.48. The summed E-state index contributed by atoms with van der Waals surface area (Å²) in [5.41, 5.74) is 0.112. The van der Waals surface area contributed by atoms with Crippen LogP contribution in [0.5, 0.6) is 5.88 Å². The summed E-state index contributed by atoms with van der Waals surface area (Å²) in [5.74, 6) is 2.12. The Bertz CT molecular complexity index is 530. The van der Waals surface area contributed by atoms with E-state index in [1.165, 1.54) is 25.8 Å². The fourth-order valence-electron chi connectivity index (χ4n) is 4.48. The normalized spacial score (nSPS) is 27.1. The van der Waals surface area contributed by atoms with E-state index in [1.54, 1.807) is 18.6 Å². The van der Waals surface area contributed by atoms with E-state index in [0.717, 1.165) is 51.7 Å². The third-order valence-electron chi connectivity index (χ3n) is 5.79. The summed E-state index contributed by atoms with van der Waals surface area (Å²) in [4.78, 5) is 10.8. The zero-order valence-corrected chi connectivity index (χ0v) is 14.9. The minimum absolute atomic E-state index is 0.112. The van der Waals surface area contributed by atoms with Crippen molar-refractivity contribution < 1.29 is 14.2 Å². The highest BCUT2D eigenvalue weighted by Gasteiger charge is 2.47. The number of aromatic nitrogens is 2. The summed E-state index contributed by atoms with van der Waals surface area (Å²) in [6.07, 6.45) is 10.8. The molecule has 3 saturated heterocycles. The molecule has 0 N–H and O–H groups in total. The Morgan fingerprint density at radius 2 is 1.96 bits per heavy atom. The van der Waals surface area contributed by atoms with Crippen molar-refractivity contribution in [1.82, 2.24) is 14.9 Å². The quantitative estimate of drug-likeness (QED) is 0.786. The molecular weight excluding hydrogens is 318 g/mol. The van der Waals surface area contributed by atoms with E-state index < -0.39 is 0 Å². The molecule has 0 aromatic carbocycles. The Labute approximate surface area is 149 Å². The van der Waals surface area contributed by atoms with Crippen LogP contribution in [-0.2, 0) is 9.47 Å². The van der Waals surface area contributed by atoms with Crippen LogP contribution in [0.2, 0.25) is 0 Å². The van der Waals surface area contributed by atoms with Gasteiger partial charge in [-0.05, 0) is 43.9 Å². The molecule has 3 aliphatic heterocycles. The first-order valence-corrected chi connectivity index (χ1v) is 9.64. The molecule has 1 atom stereocenters. The van der Waals surface area contributed by atoms with Gasteiger partial charge in [-0.15, -0.1) is 0 Å². The maximum absolute atomic E-state index is 6.19. The van der Waals surface area contributed by atoms with E-state index in [-0.39, 0.29) is 5.60 Å². The molecule has 0 bridgehead atoms. The van der Waals surface area contributed by atoms with E-state index in [1.807, 2.05) is 0 Å². The third-order valence-corrected chi connectivity index (χ3v) is 5.79. The fraction of sp³-hybridized carbons (Fsp3) is 0.789. The van der Waals surface area contributed by atoms with Crippen LogP contribution < -0.4 is 4.74 Å². The molecule has 1 aromatic heterocycles. The zero-order valence-electron chi connectivity index (χ0n) is 14.9. The van der Waals surface area contributed by atoms with Crippen molar-refractivity contribution in [2.45, 2.75) is 37.7 Å². The lowest BCUT2D eigenvalue weighted by molar-refractivity contribution is -0.183. The largest absolute Gasteiger partial charge is 0.477 e. The Morgan fingerprint density at radius 3 is 2.76 bits per heavy atom. The van der Waals surface area contributed by atoms with Gasteiger partial charge in [-0.25, -0.2) is 4.98 Å². The Morgan fingerprint density at radius 1 is 1.12 bits per heavy atom. The average Bonchev–Trinajstić information content (AvgIpc) is 2.63. The van der Waals surface area contributed by atoms with E-state index in [2.05, 4.69) is 14.9 Å². The molecule has 0 saturated carbocycles. The van der Waals surface area contributed by atoms with Crippen LogP contribution in [0.15, 0.2) is 18.6 Å². The predicted octanol–water partition coefficient (Wildman–Crippen LogP) is 2.15. The number of hydrogen-bond donors (Lipinski definition) is 0. The highest BCUT2D eigenvalue weighted by atomic mass is 16.5. The fourth-order valence-corrected chi connectivity index (χ4v) is 4.48. The third kappa shape index (κ3) is 4.49. The summed E-state index contributed by atoms with van der Waals surface area (Å²) in [7, 11) is 0. The molecule has 1 aromatic rings. The van der Waals surface area contributed by atoms with Crippen LogP contribution in [0, 0.1) is 11.8 Å². The van der Waals surface area contributed by atoms with Crippen LogP contribution in [0.25, 0.3) is 0 Å². The first-order chi connectivity index (χ1) is 12.3. The standard InChI is InChI=1S/C19H29N3O3/c1-7-23-8-2-17(1)13-22-14-19(15-22)11-16(4-10-25-19)3-9-24-18-12-20-5-6-21-18/h5-6,12,16-17H,1-4,7-11,13-15H2/t16-/m1/s1.